The Labute approximate surface area is 282 Å². The summed E-state index contributed by atoms with van der Waals surface area (Å²) in [5.74, 6) is 0. The Morgan fingerprint density at radius 3 is 1.80 bits per heavy atom. The van der Waals surface area contributed by atoms with Gasteiger partial charge < -0.3 is 13.7 Å². The van der Waals surface area contributed by atoms with Crippen LogP contribution in [0.4, 0.5) is 17.1 Å². The number of nitrogens with zero attached hydrogens (tertiary/aromatic N) is 1. The molecular weight excluding hydrogens is 599 g/mol. The maximum atomic E-state index is 6.45. The van der Waals surface area contributed by atoms with Crippen molar-refractivity contribution >= 4 is 71.7 Å². The maximum Gasteiger partial charge on any atom is 0.143 e. The molecule has 3 heteroatoms. The van der Waals surface area contributed by atoms with E-state index in [1.165, 1.54) is 16.5 Å². The minimum atomic E-state index is 0.894. The molecule has 2 aromatic heterocycles. The Bertz CT molecular complexity index is 2830. The molecule has 49 heavy (non-hydrogen) atoms. The molecule has 0 saturated carbocycles. The molecule has 0 atom stereocenters. The number of hydrogen-bond acceptors (Lipinski definition) is 3. The summed E-state index contributed by atoms with van der Waals surface area (Å²) in [5, 5.41) is 6.82. The lowest BCUT2D eigenvalue weighted by Crippen LogP contribution is -2.10. The fourth-order valence-corrected chi connectivity index (χ4v) is 7.26. The predicted molar refractivity (Wildman–Crippen MR) is 204 cm³/mol. The van der Waals surface area contributed by atoms with Gasteiger partial charge in [0.15, 0.2) is 0 Å². The summed E-state index contributed by atoms with van der Waals surface area (Å²) in [6, 6.07) is 62.1. The fraction of sp³-hybridized carbons (Fsp3) is 0. The largest absolute Gasteiger partial charge is 0.456 e. The van der Waals surface area contributed by atoms with E-state index in [2.05, 4.69) is 157 Å². The molecule has 0 amide bonds. The second kappa shape index (κ2) is 11.0. The van der Waals surface area contributed by atoms with Gasteiger partial charge in [-0.1, -0.05) is 115 Å². The summed E-state index contributed by atoms with van der Waals surface area (Å²) < 4.78 is 12.7. The van der Waals surface area contributed by atoms with Crippen LogP contribution in [0.3, 0.4) is 0 Å². The molecule has 0 aliphatic rings. The molecule has 0 saturated heterocycles. The minimum Gasteiger partial charge on any atom is -0.456 e. The van der Waals surface area contributed by atoms with E-state index in [0.717, 1.165) is 77.5 Å². The molecule has 3 nitrogen and oxygen atoms in total. The smallest absolute Gasteiger partial charge is 0.143 e. The number of furan rings is 2. The van der Waals surface area contributed by atoms with Crippen molar-refractivity contribution in [3.05, 3.63) is 176 Å². The van der Waals surface area contributed by atoms with Crippen molar-refractivity contribution in [2.24, 2.45) is 0 Å². The number of hydrogen-bond donors (Lipinski definition) is 0. The lowest BCUT2D eigenvalue weighted by molar-refractivity contribution is 0.669. The van der Waals surface area contributed by atoms with Crippen LogP contribution in [0.5, 0.6) is 0 Å². The molecule has 0 radical (unpaired) electrons. The molecule has 10 aromatic rings. The standard InChI is InChI=1S/C46H29NO2/c1-2-10-30(11-3-1)31-20-23-35(24-21-31)47(37-25-22-32-28-42-40-15-5-6-18-43(40)48-45(42)29-34(32)27-37)36-13-8-12-33(26-36)38-16-9-17-41-39-14-4-7-19-44(39)49-46(38)41/h1-29H. The van der Waals surface area contributed by atoms with Crippen LogP contribution in [0.15, 0.2) is 185 Å². The Morgan fingerprint density at radius 2 is 0.959 bits per heavy atom. The fourth-order valence-electron chi connectivity index (χ4n) is 7.26. The van der Waals surface area contributed by atoms with E-state index in [1.54, 1.807) is 0 Å². The second-order valence-corrected chi connectivity index (χ2v) is 12.6. The highest BCUT2D eigenvalue weighted by atomic mass is 16.3. The van der Waals surface area contributed by atoms with Crippen molar-refractivity contribution < 1.29 is 8.83 Å². The molecule has 0 fully saturated rings. The summed E-state index contributed by atoms with van der Waals surface area (Å²) in [4.78, 5) is 2.33. The molecule has 2 heterocycles. The summed E-state index contributed by atoms with van der Waals surface area (Å²) >= 11 is 0. The van der Waals surface area contributed by atoms with Gasteiger partial charge in [-0.15, -0.1) is 0 Å². The molecule has 0 unspecified atom stereocenters. The van der Waals surface area contributed by atoms with Crippen LogP contribution in [0, 0.1) is 0 Å². The van der Waals surface area contributed by atoms with Gasteiger partial charge in [0.05, 0.1) is 0 Å². The molecule has 0 aliphatic carbocycles. The number of para-hydroxylation sites is 3. The van der Waals surface area contributed by atoms with Gasteiger partial charge in [0.25, 0.3) is 0 Å². The average molecular weight is 628 g/mol. The third kappa shape index (κ3) is 4.59. The van der Waals surface area contributed by atoms with Crippen LogP contribution in [0.25, 0.3) is 76.9 Å². The molecule has 0 spiro atoms. The minimum absolute atomic E-state index is 0.894. The van der Waals surface area contributed by atoms with Gasteiger partial charge >= 0.3 is 0 Å². The van der Waals surface area contributed by atoms with Crippen LogP contribution < -0.4 is 4.90 Å². The van der Waals surface area contributed by atoms with E-state index in [4.69, 9.17) is 8.83 Å². The Hall–Kier alpha value is -6.58. The van der Waals surface area contributed by atoms with E-state index >= 15 is 0 Å². The molecule has 0 bridgehead atoms. The molecule has 0 N–H and O–H groups in total. The number of benzene rings is 8. The summed E-state index contributed by atoms with van der Waals surface area (Å²) in [5.41, 5.74) is 11.3. The molecule has 0 aliphatic heterocycles. The summed E-state index contributed by atoms with van der Waals surface area (Å²) in [6.07, 6.45) is 0. The lowest BCUT2D eigenvalue weighted by Gasteiger charge is -2.26. The first-order valence-electron chi connectivity index (χ1n) is 16.6. The van der Waals surface area contributed by atoms with Crippen molar-refractivity contribution in [3.8, 4) is 22.3 Å². The van der Waals surface area contributed by atoms with Crippen molar-refractivity contribution in [1.82, 2.24) is 0 Å². The lowest BCUT2D eigenvalue weighted by atomic mass is 10.0. The number of fused-ring (bicyclic) bond motifs is 7. The first-order chi connectivity index (χ1) is 24.3. The van der Waals surface area contributed by atoms with Crippen molar-refractivity contribution in [1.29, 1.82) is 0 Å². The highest BCUT2D eigenvalue weighted by Crippen LogP contribution is 2.42. The van der Waals surface area contributed by atoms with Gasteiger partial charge in [-0.05, 0) is 88.1 Å². The van der Waals surface area contributed by atoms with Gasteiger partial charge in [-0.25, -0.2) is 0 Å². The number of anilines is 3. The zero-order chi connectivity index (χ0) is 32.3. The summed E-state index contributed by atoms with van der Waals surface area (Å²) in [7, 11) is 0. The second-order valence-electron chi connectivity index (χ2n) is 12.6. The maximum absolute atomic E-state index is 6.45. The van der Waals surface area contributed by atoms with Crippen molar-refractivity contribution in [2.75, 3.05) is 4.90 Å². The van der Waals surface area contributed by atoms with Gasteiger partial charge in [0, 0.05) is 44.2 Å². The predicted octanol–water partition coefficient (Wildman–Crippen LogP) is 13.4. The van der Waals surface area contributed by atoms with Gasteiger partial charge in [0.2, 0.25) is 0 Å². The molecular formula is C46H29NO2. The van der Waals surface area contributed by atoms with Crippen molar-refractivity contribution in [2.45, 2.75) is 0 Å². The van der Waals surface area contributed by atoms with Gasteiger partial charge in [0.1, 0.15) is 22.3 Å². The zero-order valence-electron chi connectivity index (χ0n) is 26.5. The van der Waals surface area contributed by atoms with Crippen LogP contribution in [-0.4, -0.2) is 0 Å². The van der Waals surface area contributed by atoms with Crippen LogP contribution >= 0.6 is 0 Å². The first-order valence-corrected chi connectivity index (χ1v) is 16.6. The van der Waals surface area contributed by atoms with Gasteiger partial charge in [-0.2, -0.15) is 0 Å². The first kappa shape index (κ1) is 27.5. The van der Waals surface area contributed by atoms with Crippen LogP contribution in [-0.2, 0) is 0 Å². The Balaban J connectivity index is 1.14. The van der Waals surface area contributed by atoms with E-state index < -0.39 is 0 Å². The zero-order valence-corrected chi connectivity index (χ0v) is 26.5. The highest BCUT2D eigenvalue weighted by Gasteiger charge is 2.17. The molecule has 8 aromatic carbocycles. The monoisotopic (exact) mass is 627 g/mol. The third-order valence-corrected chi connectivity index (χ3v) is 9.63. The topological polar surface area (TPSA) is 29.5 Å². The van der Waals surface area contributed by atoms with Crippen LogP contribution in [0.1, 0.15) is 0 Å². The molecule has 230 valence electrons. The van der Waals surface area contributed by atoms with E-state index in [9.17, 15) is 0 Å². The third-order valence-electron chi connectivity index (χ3n) is 9.63. The quantitative estimate of drug-likeness (QED) is 0.190. The Morgan fingerprint density at radius 1 is 0.327 bits per heavy atom. The summed E-state index contributed by atoms with van der Waals surface area (Å²) in [6.45, 7) is 0. The van der Waals surface area contributed by atoms with E-state index in [-0.39, 0.29) is 0 Å². The van der Waals surface area contributed by atoms with Crippen molar-refractivity contribution in [3.63, 3.8) is 0 Å². The van der Waals surface area contributed by atoms with Crippen LogP contribution in [0.2, 0.25) is 0 Å². The van der Waals surface area contributed by atoms with Gasteiger partial charge in [-0.3, -0.25) is 0 Å². The molecule has 10 rings (SSSR count). The highest BCUT2D eigenvalue weighted by molar-refractivity contribution is 6.11. The normalized spacial score (nSPS) is 11.7. The van der Waals surface area contributed by atoms with E-state index in [1.807, 2.05) is 24.3 Å². The SMILES string of the molecule is c1ccc(-c2ccc(N(c3cccc(-c4cccc5c4oc4ccccc45)c3)c3ccc4cc5c(cc4c3)oc3ccccc35)cc2)cc1. The Kier molecular flexibility index (Phi) is 6.18. The van der Waals surface area contributed by atoms with E-state index in [0.29, 0.717) is 0 Å². The number of rotatable bonds is 5. The average Bonchev–Trinajstić information content (AvgIpc) is 3.73.